The Hall–Kier alpha value is -0.410. The van der Waals surface area contributed by atoms with E-state index in [4.69, 9.17) is 12.2 Å². The molecule has 1 rings (SSSR count). The maximum absolute atomic E-state index is 10.5. The normalized spacial score (nSPS) is 17.4. The summed E-state index contributed by atoms with van der Waals surface area (Å²) >= 11 is 6.54. The van der Waals surface area contributed by atoms with E-state index in [1.165, 1.54) is 0 Å². The second-order valence-electron chi connectivity index (χ2n) is 2.19. The van der Waals surface area contributed by atoms with Crippen LogP contribution in [-0.2, 0) is 4.79 Å². The molecule has 0 heterocycles. The summed E-state index contributed by atoms with van der Waals surface area (Å²) in [7, 11) is 0. The van der Waals surface area contributed by atoms with Crippen molar-refractivity contribution in [1.82, 2.24) is 0 Å². The lowest BCUT2D eigenvalue weighted by atomic mass is 10.1. The van der Waals surface area contributed by atoms with Gasteiger partial charge in [-0.2, -0.15) is 0 Å². The fourth-order valence-electron chi connectivity index (χ4n) is 0.908. The van der Waals surface area contributed by atoms with Gasteiger partial charge < -0.3 is 0 Å². The van der Waals surface area contributed by atoms with Gasteiger partial charge in [-0.1, -0.05) is 12.2 Å². The molecule has 11 heavy (non-hydrogen) atoms. The monoisotopic (exact) mass is 184 g/mol. The maximum Gasteiger partial charge on any atom is 0.147 e. The number of hydrogen-bond acceptors (Lipinski definition) is 3. The Morgan fingerprint density at radius 2 is 2.36 bits per heavy atom. The van der Waals surface area contributed by atoms with Crippen LogP contribution in [0, 0.1) is 0 Å². The SMILES string of the molecule is CSC1=C(C=O)CC(=S)C=C1. The minimum atomic E-state index is 0.630. The molecule has 3 heteroatoms. The zero-order chi connectivity index (χ0) is 8.27. The quantitative estimate of drug-likeness (QED) is 0.483. The molecular weight excluding hydrogens is 176 g/mol. The lowest BCUT2D eigenvalue weighted by molar-refractivity contribution is -0.104. The molecule has 0 unspecified atom stereocenters. The molecule has 0 spiro atoms. The average Bonchev–Trinajstić information content (AvgIpc) is 2.04. The first-order valence-corrected chi connectivity index (χ1v) is 4.84. The summed E-state index contributed by atoms with van der Waals surface area (Å²) in [5.41, 5.74) is 0.810. The first-order valence-electron chi connectivity index (χ1n) is 3.21. The Bertz CT molecular complexity index is 251. The minimum absolute atomic E-state index is 0.630. The van der Waals surface area contributed by atoms with E-state index in [0.717, 1.165) is 21.6 Å². The Balaban J connectivity index is 2.93. The van der Waals surface area contributed by atoms with Gasteiger partial charge in [0.2, 0.25) is 0 Å². The van der Waals surface area contributed by atoms with Crippen molar-refractivity contribution in [2.24, 2.45) is 0 Å². The van der Waals surface area contributed by atoms with Crippen LogP contribution in [0.25, 0.3) is 0 Å². The lowest BCUT2D eigenvalue weighted by Gasteiger charge is -2.08. The number of allylic oxidation sites excluding steroid dienone is 3. The number of aldehydes is 1. The van der Waals surface area contributed by atoms with Gasteiger partial charge in [0, 0.05) is 21.8 Å². The van der Waals surface area contributed by atoms with Gasteiger partial charge in [0.15, 0.2) is 0 Å². The van der Waals surface area contributed by atoms with Crippen molar-refractivity contribution in [3.63, 3.8) is 0 Å². The van der Waals surface area contributed by atoms with Gasteiger partial charge in [0.05, 0.1) is 0 Å². The standard InChI is InChI=1S/C8H8OS2/c1-11-8-3-2-7(10)4-6(8)5-9/h2-3,5H,4H2,1H3. The summed E-state index contributed by atoms with van der Waals surface area (Å²) < 4.78 is 0. The number of rotatable bonds is 2. The molecule has 0 N–H and O–H groups in total. The Morgan fingerprint density at radius 3 is 2.91 bits per heavy atom. The molecule has 0 aliphatic heterocycles. The molecule has 0 fully saturated rings. The van der Waals surface area contributed by atoms with Crippen molar-refractivity contribution in [2.45, 2.75) is 6.42 Å². The molecule has 0 aromatic carbocycles. The summed E-state index contributed by atoms with van der Waals surface area (Å²) in [5, 5.41) is 0. The topological polar surface area (TPSA) is 17.1 Å². The van der Waals surface area contributed by atoms with Crippen LogP contribution in [-0.4, -0.2) is 17.4 Å². The van der Waals surface area contributed by atoms with Crippen molar-refractivity contribution in [3.8, 4) is 0 Å². The van der Waals surface area contributed by atoms with Crippen molar-refractivity contribution in [2.75, 3.05) is 6.26 Å². The molecule has 0 saturated heterocycles. The van der Waals surface area contributed by atoms with Crippen LogP contribution in [0.5, 0.6) is 0 Å². The van der Waals surface area contributed by atoms with E-state index >= 15 is 0 Å². The van der Waals surface area contributed by atoms with Crippen molar-refractivity contribution < 1.29 is 4.79 Å². The molecular formula is C8H8OS2. The van der Waals surface area contributed by atoms with Crippen LogP contribution >= 0.6 is 24.0 Å². The van der Waals surface area contributed by atoms with Crippen molar-refractivity contribution >= 4 is 35.1 Å². The minimum Gasteiger partial charge on any atom is -0.298 e. The van der Waals surface area contributed by atoms with Crippen LogP contribution < -0.4 is 0 Å². The molecule has 0 bridgehead atoms. The fraction of sp³-hybridized carbons (Fsp3) is 0.250. The smallest absolute Gasteiger partial charge is 0.147 e. The second-order valence-corrected chi connectivity index (χ2v) is 3.56. The number of carbonyl (C=O) groups excluding carboxylic acids is 1. The van der Waals surface area contributed by atoms with E-state index in [0.29, 0.717) is 6.42 Å². The van der Waals surface area contributed by atoms with Crippen molar-refractivity contribution in [1.29, 1.82) is 0 Å². The van der Waals surface area contributed by atoms with Crippen LogP contribution in [0.2, 0.25) is 0 Å². The summed E-state index contributed by atoms with van der Waals surface area (Å²) in [6.07, 6.45) is 7.26. The third-order valence-electron chi connectivity index (χ3n) is 1.46. The van der Waals surface area contributed by atoms with E-state index in [9.17, 15) is 4.79 Å². The van der Waals surface area contributed by atoms with Gasteiger partial charge in [-0.05, 0) is 18.4 Å². The van der Waals surface area contributed by atoms with Gasteiger partial charge in [-0.15, -0.1) is 11.8 Å². The highest BCUT2D eigenvalue weighted by Crippen LogP contribution is 2.23. The van der Waals surface area contributed by atoms with Crippen LogP contribution in [0.15, 0.2) is 22.6 Å². The predicted molar refractivity (Wildman–Crippen MR) is 53.0 cm³/mol. The number of carbonyl (C=O) groups is 1. The molecule has 1 nitrogen and oxygen atoms in total. The van der Waals surface area contributed by atoms with E-state index in [2.05, 4.69) is 0 Å². The van der Waals surface area contributed by atoms with Gasteiger partial charge in [-0.3, -0.25) is 4.79 Å². The molecule has 1 aliphatic rings. The van der Waals surface area contributed by atoms with Crippen LogP contribution in [0.1, 0.15) is 6.42 Å². The number of hydrogen-bond donors (Lipinski definition) is 0. The highest BCUT2D eigenvalue weighted by atomic mass is 32.2. The van der Waals surface area contributed by atoms with Crippen LogP contribution in [0.4, 0.5) is 0 Å². The Morgan fingerprint density at radius 1 is 1.64 bits per heavy atom. The van der Waals surface area contributed by atoms with E-state index in [1.54, 1.807) is 11.8 Å². The second kappa shape index (κ2) is 3.83. The molecule has 0 aromatic rings. The molecule has 0 atom stereocenters. The van der Waals surface area contributed by atoms with E-state index in [-0.39, 0.29) is 0 Å². The predicted octanol–water partition coefficient (Wildman–Crippen LogP) is 2.13. The van der Waals surface area contributed by atoms with E-state index in [1.807, 2.05) is 18.4 Å². The zero-order valence-electron chi connectivity index (χ0n) is 6.16. The summed E-state index contributed by atoms with van der Waals surface area (Å²) in [6.45, 7) is 0. The maximum atomic E-state index is 10.5. The Labute approximate surface area is 75.6 Å². The van der Waals surface area contributed by atoms with Crippen molar-refractivity contribution in [3.05, 3.63) is 22.6 Å². The van der Waals surface area contributed by atoms with Gasteiger partial charge in [0.1, 0.15) is 6.29 Å². The summed E-state index contributed by atoms with van der Waals surface area (Å²) in [5.74, 6) is 0. The molecule has 0 saturated carbocycles. The molecule has 1 aliphatic carbocycles. The molecule has 0 radical (unpaired) electrons. The van der Waals surface area contributed by atoms with Gasteiger partial charge in [-0.25, -0.2) is 0 Å². The highest BCUT2D eigenvalue weighted by Gasteiger charge is 2.08. The average molecular weight is 184 g/mol. The molecule has 0 aromatic heterocycles. The third kappa shape index (κ3) is 2.01. The molecule has 58 valence electrons. The van der Waals surface area contributed by atoms with Crippen LogP contribution in [0.3, 0.4) is 0 Å². The first-order chi connectivity index (χ1) is 5.27. The highest BCUT2D eigenvalue weighted by molar-refractivity contribution is 8.02. The Kier molecular flexibility index (Phi) is 3.02. The number of thioether (sulfide) groups is 1. The largest absolute Gasteiger partial charge is 0.298 e. The van der Waals surface area contributed by atoms with Gasteiger partial charge in [0.25, 0.3) is 0 Å². The first kappa shape index (κ1) is 8.68. The number of thiocarbonyl (C=S) groups is 1. The zero-order valence-corrected chi connectivity index (χ0v) is 7.80. The fourth-order valence-corrected chi connectivity index (χ4v) is 1.72. The molecule has 0 amide bonds. The van der Waals surface area contributed by atoms with E-state index < -0.39 is 0 Å². The van der Waals surface area contributed by atoms with Gasteiger partial charge >= 0.3 is 0 Å². The third-order valence-corrected chi connectivity index (χ3v) is 2.58. The summed E-state index contributed by atoms with van der Waals surface area (Å²) in [4.78, 5) is 12.4. The lowest BCUT2D eigenvalue weighted by Crippen LogP contribution is -2.01. The summed E-state index contributed by atoms with van der Waals surface area (Å²) in [6, 6.07) is 0.